The third-order valence-corrected chi connectivity index (χ3v) is 4.70. The zero-order chi connectivity index (χ0) is 20.4. The number of aromatic nitrogens is 4. The van der Waals surface area contributed by atoms with Crippen molar-refractivity contribution in [3.8, 4) is 23.4 Å². The van der Waals surface area contributed by atoms with Gasteiger partial charge in [0, 0.05) is 29.1 Å². The van der Waals surface area contributed by atoms with Crippen molar-refractivity contribution in [2.75, 3.05) is 7.11 Å². The summed E-state index contributed by atoms with van der Waals surface area (Å²) in [6.07, 6.45) is 2.11. The minimum atomic E-state index is 0.211. The van der Waals surface area contributed by atoms with Crippen LogP contribution in [0.2, 0.25) is 10.0 Å². The second kappa shape index (κ2) is 7.95. The molecule has 0 saturated heterocycles. The SMILES string of the molecule is COc1nc(Cc2n[nH]c3ncccc23)cc(Oc2cc(Cl)cc(C#N)c2)c1Cl. The zero-order valence-corrected chi connectivity index (χ0v) is 16.6. The number of fused-ring (bicyclic) bond motifs is 1. The molecule has 0 atom stereocenters. The summed E-state index contributed by atoms with van der Waals surface area (Å²) >= 11 is 12.4. The zero-order valence-electron chi connectivity index (χ0n) is 15.1. The lowest BCUT2D eigenvalue weighted by Crippen LogP contribution is -1.99. The maximum absolute atomic E-state index is 9.13. The third kappa shape index (κ3) is 3.94. The van der Waals surface area contributed by atoms with Crippen LogP contribution in [-0.4, -0.2) is 27.3 Å². The highest BCUT2D eigenvalue weighted by atomic mass is 35.5. The number of nitrogens with zero attached hydrogens (tertiary/aromatic N) is 4. The first-order chi connectivity index (χ1) is 14.1. The van der Waals surface area contributed by atoms with Gasteiger partial charge >= 0.3 is 0 Å². The van der Waals surface area contributed by atoms with E-state index in [0.717, 1.165) is 11.1 Å². The number of aromatic amines is 1. The quantitative estimate of drug-likeness (QED) is 0.487. The lowest BCUT2D eigenvalue weighted by molar-refractivity contribution is 0.391. The fraction of sp³-hybridized carbons (Fsp3) is 0.100. The Labute approximate surface area is 175 Å². The molecule has 4 rings (SSSR count). The maximum atomic E-state index is 9.13. The molecule has 0 bridgehead atoms. The third-order valence-electron chi connectivity index (χ3n) is 4.13. The number of nitrogens with one attached hydrogen (secondary N) is 1. The molecular weight excluding hydrogens is 413 g/mol. The molecule has 3 heterocycles. The number of rotatable bonds is 5. The van der Waals surface area contributed by atoms with E-state index in [0.29, 0.717) is 39.8 Å². The van der Waals surface area contributed by atoms with Crippen molar-refractivity contribution in [1.82, 2.24) is 20.2 Å². The molecule has 0 radical (unpaired) electrons. The van der Waals surface area contributed by atoms with Crippen molar-refractivity contribution in [2.24, 2.45) is 0 Å². The van der Waals surface area contributed by atoms with Gasteiger partial charge in [-0.15, -0.1) is 0 Å². The number of pyridine rings is 2. The van der Waals surface area contributed by atoms with Gasteiger partial charge in [-0.1, -0.05) is 23.2 Å². The van der Waals surface area contributed by atoms with E-state index in [2.05, 4.69) is 20.2 Å². The van der Waals surface area contributed by atoms with Gasteiger partial charge in [0.1, 0.15) is 10.8 Å². The molecule has 1 aromatic carbocycles. The maximum Gasteiger partial charge on any atom is 0.236 e. The van der Waals surface area contributed by atoms with Gasteiger partial charge in [0.25, 0.3) is 0 Å². The van der Waals surface area contributed by atoms with E-state index < -0.39 is 0 Å². The number of hydrogen-bond donors (Lipinski definition) is 1. The predicted octanol–water partition coefficient (Wildman–Crippen LogP) is 4.92. The Balaban J connectivity index is 1.71. The second-order valence-corrected chi connectivity index (χ2v) is 6.89. The normalized spacial score (nSPS) is 10.7. The standard InChI is InChI=1S/C20H13Cl2N5O2/c1-28-20-18(22)17(29-14-6-11(10-23)5-12(21)7-14)9-13(25-20)8-16-15-3-2-4-24-19(15)27-26-16/h2-7,9H,8H2,1H3,(H,24,26,27). The molecular formula is C20H13Cl2N5O2. The smallest absolute Gasteiger partial charge is 0.236 e. The minimum absolute atomic E-state index is 0.211. The van der Waals surface area contributed by atoms with E-state index in [1.54, 1.807) is 30.5 Å². The molecule has 7 nitrogen and oxygen atoms in total. The van der Waals surface area contributed by atoms with Crippen molar-refractivity contribution in [1.29, 1.82) is 5.26 Å². The Morgan fingerprint density at radius 3 is 2.86 bits per heavy atom. The van der Waals surface area contributed by atoms with Gasteiger partial charge in [-0.25, -0.2) is 9.97 Å². The molecule has 3 aromatic heterocycles. The van der Waals surface area contributed by atoms with E-state index >= 15 is 0 Å². The average molecular weight is 426 g/mol. The Morgan fingerprint density at radius 1 is 1.21 bits per heavy atom. The molecule has 0 unspecified atom stereocenters. The van der Waals surface area contributed by atoms with Crippen LogP contribution in [-0.2, 0) is 6.42 Å². The lowest BCUT2D eigenvalue weighted by Gasteiger charge is -2.12. The van der Waals surface area contributed by atoms with Crippen LogP contribution in [0.1, 0.15) is 17.0 Å². The van der Waals surface area contributed by atoms with E-state index in [1.807, 2.05) is 18.2 Å². The molecule has 29 heavy (non-hydrogen) atoms. The van der Waals surface area contributed by atoms with Gasteiger partial charge < -0.3 is 9.47 Å². The number of ether oxygens (including phenoxy) is 2. The Morgan fingerprint density at radius 2 is 2.07 bits per heavy atom. The molecule has 144 valence electrons. The summed E-state index contributed by atoms with van der Waals surface area (Å²) in [4.78, 5) is 8.68. The fourth-order valence-electron chi connectivity index (χ4n) is 2.86. The van der Waals surface area contributed by atoms with Crippen molar-refractivity contribution >= 4 is 34.2 Å². The van der Waals surface area contributed by atoms with Crippen LogP contribution in [0.5, 0.6) is 17.4 Å². The van der Waals surface area contributed by atoms with Crippen LogP contribution in [0.15, 0.2) is 42.6 Å². The van der Waals surface area contributed by atoms with Crippen molar-refractivity contribution < 1.29 is 9.47 Å². The molecule has 0 aliphatic carbocycles. The summed E-state index contributed by atoms with van der Waals surface area (Å²) in [6.45, 7) is 0. The Bertz CT molecular complexity index is 1250. The molecule has 0 amide bonds. The van der Waals surface area contributed by atoms with E-state index in [-0.39, 0.29) is 10.9 Å². The van der Waals surface area contributed by atoms with Gasteiger partial charge in [-0.2, -0.15) is 10.4 Å². The molecule has 0 spiro atoms. The summed E-state index contributed by atoms with van der Waals surface area (Å²) in [7, 11) is 1.48. The van der Waals surface area contributed by atoms with Crippen molar-refractivity contribution in [2.45, 2.75) is 6.42 Å². The fourth-order valence-corrected chi connectivity index (χ4v) is 3.30. The van der Waals surface area contributed by atoms with E-state index in [4.69, 9.17) is 37.9 Å². The highest BCUT2D eigenvalue weighted by Crippen LogP contribution is 2.37. The average Bonchev–Trinajstić information content (AvgIpc) is 3.12. The summed E-state index contributed by atoms with van der Waals surface area (Å²) in [5.74, 6) is 0.932. The summed E-state index contributed by atoms with van der Waals surface area (Å²) in [5.41, 5.74) is 2.50. The van der Waals surface area contributed by atoms with Gasteiger partial charge in [-0.3, -0.25) is 5.10 Å². The topological polar surface area (TPSA) is 96.7 Å². The van der Waals surface area contributed by atoms with Crippen molar-refractivity contribution in [3.05, 3.63) is 69.6 Å². The van der Waals surface area contributed by atoms with Crippen LogP contribution in [0.4, 0.5) is 0 Å². The summed E-state index contributed by atoms with van der Waals surface area (Å²) in [5, 5.41) is 17.8. The predicted molar refractivity (Wildman–Crippen MR) is 109 cm³/mol. The Hall–Kier alpha value is -3.34. The highest BCUT2D eigenvalue weighted by Gasteiger charge is 2.16. The molecule has 1 N–H and O–H groups in total. The van der Waals surface area contributed by atoms with Crippen LogP contribution in [0.3, 0.4) is 0 Å². The van der Waals surface area contributed by atoms with E-state index in [1.165, 1.54) is 7.11 Å². The monoisotopic (exact) mass is 425 g/mol. The number of nitriles is 1. The van der Waals surface area contributed by atoms with Gasteiger partial charge in [0.2, 0.25) is 5.88 Å². The minimum Gasteiger partial charge on any atom is -0.480 e. The van der Waals surface area contributed by atoms with Crippen LogP contribution in [0.25, 0.3) is 11.0 Å². The molecule has 0 fully saturated rings. The molecule has 0 aliphatic rings. The molecule has 0 aliphatic heterocycles. The van der Waals surface area contributed by atoms with Crippen LogP contribution >= 0.6 is 23.2 Å². The first kappa shape index (κ1) is 19.0. The highest BCUT2D eigenvalue weighted by molar-refractivity contribution is 6.33. The summed E-state index contributed by atoms with van der Waals surface area (Å²) in [6, 6.07) is 12.2. The van der Waals surface area contributed by atoms with Gasteiger partial charge in [0.15, 0.2) is 11.4 Å². The number of H-pyrrole nitrogens is 1. The molecule has 9 heteroatoms. The summed E-state index contributed by atoms with van der Waals surface area (Å²) < 4.78 is 11.2. The molecule has 0 saturated carbocycles. The lowest BCUT2D eigenvalue weighted by atomic mass is 10.1. The van der Waals surface area contributed by atoms with Crippen LogP contribution < -0.4 is 9.47 Å². The van der Waals surface area contributed by atoms with Crippen molar-refractivity contribution in [3.63, 3.8) is 0 Å². The first-order valence-corrected chi connectivity index (χ1v) is 9.23. The van der Waals surface area contributed by atoms with Crippen LogP contribution in [0, 0.1) is 11.3 Å². The number of methoxy groups -OCH3 is 1. The van der Waals surface area contributed by atoms with Gasteiger partial charge in [0.05, 0.1) is 30.1 Å². The second-order valence-electron chi connectivity index (χ2n) is 6.07. The van der Waals surface area contributed by atoms with E-state index in [9.17, 15) is 0 Å². The first-order valence-electron chi connectivity index (χ1n) is 8.47. The Kier molecular flexibility index (Phi) is 5.21. The number of benzene rings is 1. The number of halogens is 2. The number of hydrogen-bond acceptors (Lipinski definition) is 6. The largest absolute Gasteiger partial charge is 0.480 e. The molecule has 4 aromatic rings. The van der Waals surface area contributed by atoms with Gasteiger partial charge in [-0.05, 0) is 30.3 Å².